The van der Waals surface area contributed by atoms with Gasteiger partial charge in [0.05, 0.1) is 27.9 Å². The average molecular weight is 488 g/mol. The van der Waals surface area contributed by atoms with Crippen LogP contribution in [-0.2, 0) is 12.6 Å². The second kappa shape index (κ2) is 8.30. The molecule has 0 radical (unpaired) electrons. The normalized spacial score (nSPS) is 21.8. The number of benzene rings is 1. The molecule has 1 amide bonds. The summed E-state index contributed by atoms with van der Waals surface area (Å²) in [5.41, 5.74) is 1.06. The molecule has 2 bridgehead atoms. The number of amides is 1. The van der Waals surface area contributed by atoms with Gasteiger partial charge in [0.1, 0.15) is 11.5 Å². The van der Waals surface area contributed by atoms with Crippen molar-refractivity contribution in [3.63, 3.8) is 0 Å². The largest absolute Gasteiger partial charge is 0.417 e. The Morgan fingerprint density at radius 1 is 1.12 bits per heavy atom. The summed E-state index contributed by atoms with van der Waals surface area (Å²) in [7, 11) is 0. The highest BCUT2D eigenvalue weighted by atomic mass is 35.5. The fourth-order valence-corrected chi connectivity index (χ4v) is 5.42. The van der Waals surface area contributed by atoms with Gasteiger partial charge < -0.3 is 4.90 Å². The fraction of sp³-hybridized carbons (Fsp3) is 0.375. The van der Waals surface area contributed by atoms with E-state index in [1.54, 1.807) is 30.3 Å². The van der Waals surface area contributed by atoms with Gasteiger partial charge in [0, 0.05) is 24.0 Å². The van der Waals surface area contributed by atoms with Crippen molar-refractivity contribution in [1.29, 1.82) is 0 Å². The molecule has 0 saturated carbocycles. The molecule has 2 aliphatic rings. The van der Waals surface area contributed by atoms with Crippen LogP contribution in [0.2, 0.25) is 5.02 Å². The SMILES string of the molecule is Cc1nc(-c2ncccn2)c2c(n1)C1[C@H](C)CC[C@@H](C2)N1C(=O)c1cccc(C(F)(F)F)c1Cl. The molecule has 4 heterocycles. The van der Waals surface area contributed by atoms with Gasteiger partial charge >= 0.3 is 6.18 Å². The molecule has 3 atom stereocenters. The van der Waals surface area contributed by atoms with Gasteiger partial charge in [-0.05, 0) is 50.3 Å². The first-order valence-electron chi connectivity index (χ1n) is 11.0. The number of halogens is 4. The molecule has 34 heavy (non-hydrogen) atoms. The minimum Gasteiger partial charge on any atom is -0.326 e. The molecule has 1 fully saturated rings. The summed E-state index contributed by atoms with van der Waals surface area (Å²) >= 11 is 6.12. The standard InChI is InChI=1S/C24H21ClF3N5O/c1-12-7-8-14-11-16-19(31-13(2)32-20(16)22-29-9-4-10-30-22)21(12)33(14)23(34)15-5-3-6-17(18(15)25)24(26,27)28/h3-6,9-10,12,14,21H,7-8,11H2,1-2H3/t12-,14+,21?/m1/s1. The van der Waals surface area contributed by atoms with Crippen molar-refractivity contribution in [1.82, 2.24) is 24.8 Å². The van der Waals surface area contributed by atoms with E-state index in [0.717, 1.165) is 18.1 Å². The lowest BCUT2D eigenvalue weighted by molar-refractivity contribution is -0.137. The predicted molar refractivity (Wildman–Crippen MR) is 119 cm³/mol. The summed E-state index contributed by atoms with van der Waals surface area (Å²) in [5, 5.41) is -0.575. The van der Waals surface area contributed by atoms with Crippen molar-refractivity contribution in [2.45, 2.75) is 51.4 Å². The van der Waals surface area contributed by atoms with Crippen LogP contribution in [0.1, 0.15) is 58.8 Å². The lowest BCUT2D eigenvalue weighted by Crippen LogP contribution is -2.53. The second-order valence-corrected chi connectivity index (χ2v) is 9.17. The molecule has 1 saturated heterocycles. The molecular weight excluding hydrogens is 467 g/mol. The van der Waals surface area contributed by atoms with Gasteiger partial charge in [-0.2, -0.15) is 13.2 Å². The van der Waals surface area contributed by atoms with Crippen LogP contribution in [0.15, 0.2) is 36.7 Å². The Balaban J connectivity index is 1.64. The van der Waals surface area contributed by atoms with E-state index in [1.165, 1.54) is 12.1 Å². The van der Waals surface area contributed by atoms with Gasteiger partial charge in [0.15, 0.2) is 5.82 Å². The molecule has 1 unspecified atom stereocenters. The maximum absolute atomic E-state index is 13.7. The Hall–Kier alpha value is -3.07. The van der Waals surface area contributed by atoms with Gasteiger partial charge in [-0.1, -0.05) is 24.6 Å². The molecule has 0 N–H and O–H groups in total. The van der Waals surface area contributed by atoms with Gasteiger partial charge in [0.25, 0.3) is 5.91 Å². The van der Waals surface area contributed by atoms with Gasteiger partial charge in [-0.25, -0.2) is 19.9 Å². The zero-order valence-corrected chi connectivity index (χ0v) is 19.2. The Kier molecular flexibility index (Phi) is 5.55. The van der Waals surface area contributed by atoms with E-state index in [9.17, 15) is 18.0 Å². The van der Waals surface area contributed by atoms with Crippen molar-refractivity contribution < 1.29 is 18.0 Å². The summed E-state index contributed by atoms with van der Waals surface area (Å²) in [6.45, 7) is 3.79. The van der Waals surface area contributed by atoms with Crippen molar-refractivity contribution >= 4 is 17.5 Å². The summed E-state index contributed by atoms with van der Waals surface area (Å²) in [4.78, 5) is 33.4. The second-order valence-electron chi connectivity index (χ2n) is 8.79. The molecule has 3 aromatic rings. The van der Waals surface area contributed by atoms with E-state index in [2.05, 4.69) is 15.0 Å². The monoisotopic (exact) mass is 487 g/mol. The lowest BCUT2D eigenvalue weighted by Gasteiger charge is -2.49. The van der Waals surface area contributed by atoms with Crippen molar-refractivity contribution in [2.75, 3.05) is 0 Å². The van der Waals surface area contributed by atoms with E-state index in [0.29, 0.717) is 35.9 Å². The zero-order valence-electron chi connectivity index (χ0n) is 18.5. The van der Waals surface area contributed by atoms with Crippen molar-refractivity contribution in [3.05, 3.63) is 69.9 Å². The van der Waals surface area contributed by atoms with Crippen LogP contribution in [-0.4, -0.2) is 36.8 Å². The van der Waals surface area contributed by atoms with Crippen molar-refractivity contribution in [3.8, 4) is 11.5 Å². The molecule has 2 aromatic heterocycles. The first-order chi connectivity index (χ1) is 16.2. The number of fused-ring (bicyclic) bond motifs is 4. The minimum atomic E-state index is -4.65. The number of nitrogens with zero attached hydrogens (tertiary/aromatic N) is 5. The van der Waals surface area contributed by atoms with E-state index in [4.69, 9.17) is 16.6 Å². The number of piperidine rings is 1. The highest BCUT2D eigenvalue weighted by Crippen LogP contribution is 2.47. The Morgan fingerprint density at radius 2 is 1.85 bits per heavy atom. The molecular formula is C24H21ClF3N5O. The number of hydrogen-bond acceptors (Lipinski definition) is 5. The Bertz CT molecular complexity index is 1270. The maximum atomic E-state index is 13.7. The van der Waals surface area contributed by atoms with E-state index in [1.807, 2.05) is 6.92 Å². The zero-order chi connectivity index (χ0) is 24.2. The number of carbonyl (C=O) groups is 1. The number of hydrogen-bond donors (Lipinski definition) is 0. The predicted octanol–water partition coefficient (Wildman–Crippen LogP) is 5.45. The molecule has 10 heteroatoms. The quantitative estimate of drug-likeness (QED) is 0.480. The third kappa shape index (κ3) is 3.72. The van der Waals surface area contributed by atoms with Crippen LogP contribution in [0.4, 0.5) is 13.2 Å². The van der Waals surface area contributed by atoms with Crippen LogP contribution < -0.4 is 0 Å². The highest BCUT2D eigenvalue weighted by molar-refractivity contribution is 6.34. The smallest absolute Gasteiger partial charge is 0.326 e. The van der Waals surface area contributed by atoms with Crippen LogP contribution in [0, 0.1) is 12.8 Å². The van der Waals surface area contributed by atoms with Crippen LogP contribution in [0.3, 0.4) is 0 Å². The fourth-order valence-electron chi connectivity index (χ4n) is 5.11. The maximum Gasteiger partial charge on any atom is 0.417 e. The van der Waals surface area contributed by atoms with Crippen LogP contribution in [0.5, 0.6) is 0 Å². The molecule has 5 rings (SSSR count). The van der Waals surface area contributed by atoms with E-state index >= 15 is 0 Å². The molecule has 1 aromatic carbocycles. The van der Waals surface area contributed by atoms with Crippen molar-refractivity contribution in [2.24, 2.45) is 5.92 Å². The van der Waals surface area contributed by atoms with Crippen LogP contribution >= 0.6 is 11.6 Å². The molecule has 0 spiro atoms. The van der Waals surface area contributed by atoms with Gasteiger partial charge in [-0.3, -0.25) is 4.79 Å². The Labute approximate surface area is 199 Å². The summed E-state index contributed by atoms with van der Waals surface area (Å²) < 4.78 is 40.3. The summed E-state index contributed by atoms with van der Waals surface area (Å²) in [6.07, 6.45) is 0.681. The number of aromatic nitrogens is 4. The topological polar surface area (TPSA) is 71.9 Å². The van der Waals surface area contributed by atoms with Gasteiger partial charge in [-0.15, -0.1) is 0 Å². The third-order valence-electron chi connectivity index (χ3n) is 6.60. The van der Waals surface area contributed by atoms with Crippen LogP contribution in [0.25, 0.3) is 11.5 Å². The third-order valence-corrected chi connectivity index (χ3v) is 7.01. The number of alkyl halides is 3. The molecule has 176 valence electrons. The first kappa shape index (κ1) is 22.7. The van der Waals surface area contributed by atoms with E-state index in [-0.39, 0.29) is 17.5 Å². The van der Waals surface area contributed by atoms with Gasteiger partial charge in [0.2, 0.25) is 0 Å². The highest BCUT2D eigenvalue weighted by Gasteiger charge is 2.47. The molecule has 6 nitrogen and oxygen atoms in total. The van der Waals surface area contributed by atoms with E-state index < -0.39 is 28.7 Å². The number of aryl methyl sites for hydroxylation is 1. The minimum absolute atomic E-state index is 0.0441. The number of carbonyl (C=O) groups excluding carboxylic acids is 1. The lowest BCUT2D eigenvalue weighted by atomic mass is 9.76. The summed E-state index contributed by atoms with van der Waals surface area (Å²) in [5.74, 6) is 0.525. The molecule has 2 aliphatic heterocycles. The summed E-state index contributed by atoms with van der Waals surface area (Å²) in [6, 6.07) is 4.54. The molecule has 0 aliphatic carbocycles. The first-order valence-corrected chi connectivity index (χ1v) is 11.4. The Morgan fingerprint density at radius 3 is 2.56 bits per heavy atom. The number of rotatable bonds is 2. The average Bonchev–Trinajstić information content (AvgIpc) is 2.80.